The minimum Gasteiger partial charge on any atom is -0.341 e. The van der Waals surface area contributed by atoms with Crippen LogP contribution in [-0.2, 0) is 22.7 Å². The van der Waals surface area contributed by atoms with Crippen LogP contribution in [0.3, 0.4) is 0 Å². The van der Waals surface area contributed by atoms with Gasteiger partial charge in [-0.1, -0.05) is 43.7 Å². The van der Waals surface area contributed by atoms with Crippen LogP contribution in [0.2, 0.25) is 0 Å². The molecule has 2 saturated heterocycles. The summed E-state index contributed by atoms with van der Waals surface area (Å²) in [5.74, 6) is 2.14. The lowest BCUT2D eigenvalue weighted by atomic mass is 9.69. The first-order chi connectivity index (χ1) is 15.4. The van der Waals surface area contributed by atoms with Gasteiger partial charge in [0, 0.05) is 31.6 Å². The van der Waals surface area contributed by atoms with Crippen LogP contribution in [0, 0.1) is 25.2 Å². The second-order valence-electron chi connectivity index (χ2n) is 9.61. The lowest BCUT2D eigenvalue weighted by molar-refractivity contribution is -0.146. The Bertz CT molecular complexity index is 948. The van der Waals surface area contributed by atoms with Gasteiger partial charge in [0.1, 0.15) is 18.2 Å². The Hall–Kier alpha value is -2.70. The van der Waals surface area contributed by atoms with Gasteiger partial charge in [0.05, 0.1) is 0 Å². The highest BCUT2D eigenvalue weighted by atomic mass is 16.2. The summed E-state index contributed by atoms with van der Waals surface area (Å²) in [4.78, 5) is 34.8. The van der Waals surface area contributed by atoms with Gasteiger partial charge in [-0.15, -0.1) is 0 Å². The van der Waals surface area contributed by atoms with Gasteiger partial charge in [-0.05, 0) is 51.0 Å². The summed E-state index contributed by atoms with van der Waals surface area (Å²) >= 11 is 0. The van der Waals surface area contributed by atoms with Gasteiger partial charge < -0.3 is 9.80 Å². The summed E-state index contributed by atoms with van der Waals surface area (Å²) in [5, 5.41) is 4.32. The molecule has 32 heavy (non-hydrogen) atoms. The SMILES string of the molecule is Cc1nc(C)n(CC(=O)N2CCC([C@]3(C)CCCCN(Cc4ccccc4)C3=O)CC2)n1. The fourth-order valence-corrected chi connectivity index (χ4v) is 5.40. The standard InChI is InChI=1S/C25H35N5O2/c1-19-26-20(2)30(27-19)18-23(31)28-15-11-22(12-16-28)25(3)13-7-8-14-29(24(25)32)17-21-9-5-4-6-10-21/h4-6,9-10,22H,7-8,11-18H2,1-3H3/t25-/m0/s1. The number of aromatic nitrogens is 3. The van der Waals surface area contributed by atoms with E-state index in [0.29, 0.717) is 31.4 Å². The quantitative estimate of drug-likeness (QED) is 0.719. The Morgan fingerprint density at radius 1 is 1.09 bits per heavy atom. The fourth-order valence-electron chi connectivity index (χ4n) is 5.40. The summed E-state index contributed by atoms with van der Waals surface area (Å²) < 4.78 is 1.68. The molecule has 1 aromatic heterocycles. The Morgan fingerprint density at radius 3 is 2.47 bits per heavy atom. The topological polar surface area (TPSA) is 71.3 Å². The van der Waals surface area contributed by atoms with E-state index < -0.39 is 0 Å². The van der Waals surface area contributed by atoms with Crippen molar-refractivity contribution in [2.45, 2.75) is 66.0 Å². The molecule has 2 aromatic rings. The molecule has 172 valence electrons. The van der Waals surface area contributed by atoms with Crippen molar-refractivity contribution in [3.63, 3.8) is 0 Å². The highest BCUT2D eigenvalue weighted by Gasteiger charge is 2.45. The molecule has 4 rings (SSSR count). The van der Waals surface area contributed by atoms with Crippen LogP contribution in [-0.4, -0.2) is 56.0 Å². The van der Waals surface area contributed by atoms with Gasteiger partial charge in [0.2, 0.25) is 11.8 Å². The van der Waals surface area contributed by atoms with Gasteiger partial charge in [0.25, 0.3) is 0 Å². The monoisotopic (exact) mass is 437 g/mol. The third-order valence-corrected chi connectivity index (χ3v) is 7.36. The van der Waals surface area contributed by atoms with E-state index >= 15 is 0 Å². The van der Waals surface area contributed by atoms with Crippen molar-refractivity contribution in [3.8, 4) is 0 Å². The van der Waals surface area contributed by atoms with Gasteiger partial charge in [-0.25, -0.2) is 9.67 Å². The van der Waals surface area contributed by atoms with Gasteiger partial charge in [-0.2, -0.15) is 5.10 Å². The summed E-state index contributed by atoms with van der Waals surface area (Å²) in [5.41, 5.74) is 0.837. The lowest BCUT2D eigenvalue weighted by Crippen LogP contribution is -2.49. The predicted molar refractivity (Wildman–Crippen MR) is 123 cm³/mol. The molecule has 0 N–H and O–H groups in total. The minimum atomic E-state index is -0.347. The molecular weight excluding hydrogens is 402 g/mol. The van der Waals surface area contributed by atoms with E-state index in [1.807, 2.05) is 36.9 Å². The first-order valence-electron chi connectivity index (χ1n) is 11.9. The Balaban J connectivity index is 1.39. The van der Waals surface area contributed by atoms with Crippen molar-refractivity contribution >= 4 is 11.8 Å². The zero-order chi connectivity index (χ0) is 22.7. The largest absolute Gasteiger partial charge is 0.341 e. The number of carbonyl (C=O) groups excluding carboxylic acids is 2. The molecule has 0 spiro atoms. The molecule has 0 bridgehead atoms. The van der Waals surface area contributed by atoms with Crippen molar-refractivity contribution in [1.82, 2.24) is 24.6 Å². The van der Waals surface area contributed by atoms with Gasteiger partial charge >= 0.3 is 0 Å². The molecule has 1 aromatic carbocycles. The second kappa shape index (κ2) is 9.43. The Kier molecular flexibility index (Phi) is 6.63. The molecule has 1 atom stereocenters. The van der Waals surface area contributed by atoms with Crippen molar-refractivity contribution in [3.05, 3.63) is 47.5 Å². The fraction of sp³-hybridized carbons (Fsp3) is 0.600. The number of benzene rings is 1. The third kappa shape index (κ3) is 4.71. The number of likely N-dealkylation sites (tertiary alicyclic amines) is 2. The molecule has 2 amide bonds. The molecule has 2 aliphatic rings. The van der Waals surface area contributed by atoms with E-state index in [2.05, 4.69) is 34.0 Å². The van der Waals surface area contributed by atoms with Crippen molar-refractivity contribution in [2.24, 2.45) is 11.3 Å². The Morgan fingerprint density at radius 2 is 1.81 bits per heavy atom. The molecule has 3 heterocycles. The van der Waals surface area contributed by atoms with Crippen molar-refractivity contribution < 1.29 is 9.59 Å². The molecule has 7 nitrogen and oxygen atoms in total. The van der Waals surface area contributed by atoms with E-state index in [0.717, 1.165) is 44.5 Å². The van der Waals surface area contributed by atoms with Crippen LogP contribution in [0.1, 0.15) is 56.2 Å². The van der Waals surface area contributed by atoms with E-state index in [1.165, 1.54) is 5.56 Å². The smallest absolute Gasteiger partial charge is 0.244 e. The number of piperidine rings is 1. The molecule has 2 fully saturated rings. The van der Waals surface area contributed by atoms with Gasteiger partial charge in [0.15, 0.2) is 0 Å². The van der Waals surface area contributed by atoms with E-state index in [-0.39, 0.29) is 23.8 Å². The van der Waals surface area contributed by atoms with E-state index in [4.69, 9.17) is 0 Å². The van der Waals surface area contributed by atoms with Gasteiger partial charge in [-0.3, -0.25) is 9.59 Å². The molecule has 0 aliphatic carbocycles. The van der Waals surface area contributed by atoms with E-state index in [1.54, 1.807) is 4.68 Å². The lowest BCUT2D eigenvalue weighted by Gasteiger charge is -2.43. The van der Waals surface area contributed by atoms with E-state index in [9.17, 15) is 9.59 Å². The van der Waals surface area contributed by atoms with Crippen LogP contribution in [0.5, 0.6) is 0 Å². The van der Waals surface area contributed by atoms with Crippen LogP contribution in [0.4, 0.5) is 0 Å². The van der Waals surface area contributed by atoms with Crippen molar-refractivity contribution in [2.75, 3.05) is 19.6 Å². The maximum Gasteiger partial charge on any atom is 0.244 e. The second-order valence-corrected chi connectivity index (χ2v) is 9.61. The molecule has 0 saturated carbocycles. The number of hydrogen-bond donors (Lipinski definition) is 0. The number of carbonyl (C=O) groups is 2. The summed E-state index contributed by atoms with van der Waals surface area (Å²) in [6, 6.07) is 10.3. The third-order valence-electron chi connectivity index (χ3n) is 7.36. The first-order valence-corrected chi connectivity index (χ1v) is 11.9. The van der Waals surface area contributed by atoms with Crippen molar-refractivity contribution in [1.29, 1.82) is 0 Å². The predicted octanol–water partition coefficient (Wildman–Crippen LogP) is 3.35. The number of nitrogens with zero attached hydrogens (tertiary/aromatic N) is 5. The molecule has 7 heteroatoms. The van der Waals surface area contributed by atoms with Crippen LogP contribution >= 0.6 is 0 Å². The highest BCUT2D eigenvalue weighted by molar-refractivity contribution is 5.83. The zero-order valence-corrected chi connectivity index (χ0v) is 19.6. The average molecular weight is 438 g/mol. The van der Waals surface area contributed by atoms with Crippen LogP contribution in [0.25, 0.3) is 0 Å². The Labute approximate surface area is 190 Å². The van der Waals surface area contributed by atoms with Crippen LogP contribution in [0.15, 0.2) is 30.3 Å². The maximum atomic E-state index is 13.7. The normalized spacial score (nSPS) is 22.8. The summed E-state index contributed by atoms with van der Waals surface area (Å²) in [6.45, 7) is 9.04. The minimum absolute atomic E-state index is 0.0829. The number of aryl methyl sites for hydroxylation is 2. The summed E-state index contributed by atoms with van der Waals surface area (Å²) in [7, 11) is 0. The average Bonchev–Trinajstić information content (AvgIpc) is 3.04. The number of rotatable bonds is 5. The highest BCUT2D eigenvalue weighted by Crippen LogP contribution is 2.43. The maximum absolute atomic E-state index is 13.7. The molecular formula is C25H35N5O2. The molecule has 0 unspecified atom stereocenters. The number of amides is 2. The number of hydrogen-bond acceptors (Lipinski definition) is 4. The first kappa shape index (κ1) is 22.5. The summed E-state index contributed by atoms with van der Waals surface area (Å²) in [6.07, 6.45) is 4.83. The molecule has 0 radical (unpaired) electrons. The van der Waals surface area contributed by atoms with Crippen LogP contribution < -0.4 is 0 Å². The zero-order valence-electron chi connectivity index (χ0n) is 19.6. The molecule has 2 aliphatic heterocycles.